The minimum absolute atomic E-state index is 0.0139. The quantitative estimate of drug-likeness (QED) is 0.552. The molecule has 2 aliphatic heterocycles. The van der Waals surface area contributed by atoms with Crippen molar-refractivity contribution < 1.29 is 9.84 Å². The van der Waals surface area contributed by atoms with Crippen LogP contribution in [0.25, 0.3) is 0 Å². The van der Waals surface area contributed by atoms with E-state index in [1.165, 1.54) is 6.42 Å². The molecule has 3 heteroatoms. The minimum Gasteiger partial charge on any atom is -0.394 e. The van der Waals surface area contributed by atoms with Crippen LogP contribution >= 0.6 is 0 Å². The Labute approximate surface area is 60.6 Å². The van der Waals surface area contributed by atoms with Crippen LogP contribution in [0.3, 0.4) is 0 Å². The predicted octanol–water partition coefficient (Wildman–Crippen LogP) is -0.199. The van der Waals surface area contributed by atoms with Crippen LogP contribution in [0.15, 0.2) is 0 Å². The van der Waals surface area contributed by atoms with Crippen molar-refractivity contribution in [3.63, 3.8) is 0 Å². The zero-order chi connectivity index (χ0) is 7.03. The Balaban J connectivity index is 2.15. The molecular formula is C7H13NO2. The molecule has 0 radical (unpaired) electrons. The second kappa shape index (κ2) is 2.19. The van der Waals surface area contributed by atoms with Gasteiger partial charge in [0.25, 0.3) is 0 Å². The summed E-state index contributed by atoms with van der Waals surface area (Å²) in [6.07, 6.45) is 2.31. The van der Waals surface area contributed by atoms with Crippen LogP contribution in [-0.2, 0) is 4.74 Å². The fraction of sp³-hybridized carbons (Fsp3) is 1.00. The van der Waals surface area contributed by atoms with Crippen molar-refractivity contribution in [1.82, 2.24) is 4.90 Å². The second-order valence-corrected chi connectivity index (χ2v) is 3.23. The number of rotatable bonds is 1. The number of hydrogen-bond donors (Lipinski definition) is 1. The minimum atomic E-state index is 0.0139. The molecule has 2 rings (SSSR count). The summed E-state index contributed by atoms with van der Waals surface area (Å²) in [6, 6.07) is 0. The van der Waals surface area contributed by atoms with Crippen molar-refractivity contribution in [3.05, 3.63) is 0 Å². The Morgan fingerprint density at radius 2 is 2.50 bits per heavy atom. The van der Waals surface area contributed by atoms with E-state index in [1.54, 1.807) is 0 Å². The number of aliphatic hydroxyl groups excluding tert-OH is 1. The van der Waals surface area contributed by atoms with E-state index >= 15 is 0 Å². The molecule has 10 heavy (non-hydrogen) atoms. The fourth-order valence-electron chi connectivity index (χ4n) is 1.93. The van der Waals surface area contributed by atoms with Gasteiger partial charge in [0.1, 0.15) is 0 Å². The lowest BCUT2D eigenvalue weighted by molar-refractivity contribution is 0.109. The lowest BCUT2D eigenvalue weighted by atomic mass is 10.0. The van der Waals surface area contributed by atoms with Crippen LogP contribution in [0.2, 0.25) is 0 Å². The summed E-state index contributed by atoms with van der Waals surface area (Å²) in [5.74, 6) is 0. The van der Waals surface area contributed by atoms with Crippen LogP contribution < -0.4 is 0 Å². The molecular weight excluding hydrogens is 130 g/mol. The van der Waals surface area contributed by atoms with E-state index in [4.69, 9.17) is 9.84 Å². The first kappa shape index (κ1) is 6.58. The van der Waals surface area contributed by atoms with E-state index in [2.05, 4.69) is 4.90 Å². The molecule has 0 aliphatic carbocycles. The zero-order valence-electron chi connectivity index (χ0n) is 6.05. The second-order valence-electron chi connectivity index (χ2n) is 3.23. The van der Waals surface area contributed by atoms with E-state index < -0.39 is 0 Å². The summed E-state index contributed by atoms with van der Waals surface area (Å²) in [5, 5.41) is 9.11. The molecule has 2 aliphatic rings. The number of ether oxygens (including phenoxy) is 1. The van der Waals surface area contributed by atoms with Crippen molar-refractivity contribution in [2.24, 2.45) is 0 Å². The molecule has 0 spiro atoms. The highest BCUT2D eigenvalue weighted by Crippen LogP contribution is 2.32. The van der Waals surface area contributed by atoms with Gasteiger partial charge in [-0.05, 0) is 12.8 Å². The van der Waals surface area contributed by atoms with Gasteiger partial charge in [-0.2, -0.15) is 0 Å². The third-order valence-electron chi connectivity index (χ3n) is 2.65. The molecule has 2 saturated heterocycles. The highest BCUT2D eigenvalue weighted by atomic mass is 16.5. The van der Waals surface area contributed by atoms with E-state index in [9.17, 15) is 0 Å². The lowest BCUT2D eigenvalue weighted by Crippen LogP contribution is -2.43. The molecule has 0 aromatic rings. The first-order chi connectivity index (χ1) is 4.87. The van der Waals surface area contributed by atoms with Gasteiger partial charge in [-0.25, -0.2) is 0 Å². The number of hydrogen-bond acceptors (Lipinski definition) is 3. The lowest BCUT2D eigenvalue weighted by Gasteiger charge is -2.26. The first-order valence-corrected chi connectivity index (χ1v) is 3.81. The predicted molar refractivity (Wildman–Crippen MR) is 36.6 cm³/mol. The van der Waals surface area contributed by atoms with Gasteiger partial charge < -0.3 is 9.84 Å². The van der Waals surface area contributed by atoms with E-state index in [0.29, 0.717) is 0 Å². The Hall–Kier alpha value is -0.120. The maximum Gasteiger partial charge on any atom is 0.0997 e. The molecule has 2 heterocycles. The van der Waals surface area contributed by atoms with Gasteiger partial charge in [-0.3, -0.25) is 4.90 Å². The highest BCUT2D eigenvalue weighted by molar-refractivity contribution is 4.97. The molecule has 1 unspecified atom stereocenters. The average Bonchev–Trinajstić information content (AvgIpc) is 2.42. The van der Waals surface area contributed by atoms with Gasteiger partial charge in [0, 0.05) is 6.54 Å². The SMILES string of the molecule is OCC12CCCN1COC2. The Bertz CT molecular complexity index is 128. The van der Waals surface area contributed by atoms with Gasteiger partial charge >= 0.3 is 0 Å². The topological polar surface area (TPSA) is 32.7 Å². The summed E-state index contributed by atoms with van der Waals surface area (Å²) in [4.78, 5) is 2.24. The normalized spacial score (nSPS) is 40.5. The molecule has 2 fully saturated rings. The van der Waals surface area contributed by atoms with Crippen molar-refractivity contribution in [1.29, 1.82) is 0 Å². The molecule has 0 aromatic carbocycles. The van der Waals surface area contributed by atoms with Gasteiger partial charge in [0.05, 0.1) is 25.5 Å². The Kier molecular flexibility index (Phi) is 1.44. The molecule has 0 aromatic heterocycles. The number of nitrogens with zero attached hydrogens (tertiary/aromatic N) is 1. The third kappa shape index (κ3) is 0.713. The Morgan fingerprint density at radius 3 is 3.20 bits per heavy atom. The van der Waals surface area contributed by atoms with E-state index in [1.807, 2.05) is 0 Å². The van der Waals surface area contributed by atoms with Crippen molar-refractivity contribution in [2.45, 2.75) is 18.4 Å². The number of aliphatic hydroxyl groups is 1. The standard InChI is InChI=1S/C7H13NO2/c9-4-7-2-1-3-8(7)6-10-5-7/h9H,1-6H2. The van der Waals surface area contributed by atoms with Crippen molar-refractivity contribution in [2.75, 3.05) is 26.5 Å². The maximum atomic E-state index is 9.11. The largest absolute Gasteiger partial charge is 0.394 e. The molecule has 58 valence electrons. The molecule has 1 N–H and O–H groups in total. The molecule has 1 atom stereocenters. The van der Waals surface area contributed by atoms with Gasteiger partial charge in [0.15, 0.2) is 0 Å². The molecule has 0 amide bonds. The fourth-order valence-corrected chi connectivity index (χ4v) is 1.93. The monoisotopic (exact) mass is 143 g/mol. The van der Waals surface area contributed by atoms with Crippen LogP contribution in [0, 0.1) is 0 Å². The molecule has 3 nitrogen and oxygen atoms in total. The van der Waals surface area contributed by atoms with Gasteiger partial charge in [0.2, 0.25) is 0 Å². The highest BCUT2D eigenvalue weighted by Gasteiger charge is 2.44. The summed E-state index contributed by atoms with van der Waals surface area (Å²) in [7, 11) is 0. The van der Waals surface area contributed by atoms with Crippen LogP contribution in [-0.4, -0.2) is 42.0 Å². The summed E-state index contributed by atoms with van der Waals surface area (Å²) in [6.45, 7) is 2.80. The summed E-state index contributed by atoms with van der Waals surface area (Å²) >= 11 is 0. The van der Waals surface area contributed by atoms with Crippen molar-refractivity contribution >= 4 is 0 Å². The number of fused-ring (bicyclic) bond motifs is 1. The van der Waals surface area contributed by atoms with Gasteiger partial charge in [-0.15, -0.1) is 0 Å². The molecule has 0 bridgehead atoms. The van der Waals surface area contributed by atoms with E-state index in [0.717, 1.165) is 26.3 Å². The summed E-state index contributed by atoms with van der Waals surface area (Å²) in [5.41, 5.74) is 0.0139. The maximum absolute atomic E-state index is 9.11. The average molecular weight is 143 g/mol. The summed E-state index contributed by atoms with van der Waals surface area (Å²) < 4.78 is 5.27. The first-order valence-electron chi connectivity index (χ1n) is 3.81. The Morgan fingerprint density at radius 1 is 1.60 bits per heavy atom. The smallest absolute Gasteiger partial charge is 0.0997 e. The van der Waals surface area contributed by atoms with E-state index in [-0.39, 0.29) is 12.1 Å². The molecule has 0 saturated carbocycles. The third-order valence-corrected chi connectivity index (χ3v) is 2.65. The van der Waals surface area contributed by atoms with Crippen LogP contribution in [0.4, 0.5) is 0 Å². The van der Waals surface area contributed by atoms with Crippen molar-refractivity contribution in [3.8, 4) is 0 Å². The van der Waals surface area contributed by atoms with Crippen LogP contribution in [0.1, 0.15) is 12.8 Å². The van der Waals surface area contributed by atoms with Gasteiger partial charge in [-0.1, -0.05) is 0 Å². The zero-order valence-corrected chi connectivity index (χ0v) is 6.05. The van der Waals surface area contributed by atoms with Crippen LogP contribution in [0.5, 0.6) is 0 Å².